The van der Waals surface area contributed by atoms with Crippen LogP contribution >= 0.6 is 12.4 Å². The van der Waals surface area contributed by atoms with Crippen LogP contribution < -0.4 is 5.32 Å². The first kappa shape index (κ1) is 18.4. The zero-order valence-electron chi connectivity index (χ0n) is 15.1. The van der Waals surface area contributed by atoms with E-state index in [0.29, 0.717) is 6.04 Å². The summed E-state index contributed by atoms with van der Waals surface area (Å²) in [5, 5.41) is 12.6. The van der Waals surface area contributed by atoms with Gasteiger partial charge in [-0.2, -0.15) is 0 Å². The highest BCUT2D eigenvalue weighted by Gasteiger charge is 2.31. The molecule has 2 aliphatic heterocycles. The Balaban J connectivity index is 0.00000182. The van der Waals surface area contributed by atoms with Crippen LogP contribution in [0.3, 0.4) is 0 Å². The fraction of sp³-hybridized carbons (Fsp3) is 0.579. The molecular weight excluding hydrogens is 334 g/mol. The number of benzene rings is 1. The van der Waals surface area contributed by atoms with Crippen molar-refractivity contribution in [2.45, 2.75) is 51.7 Å². The van der Waals surface area contributed by atoms with Crippen molar-refractivity contribution < 1.29 is 0 Å². The van der Waals surface area contributed by atoms with Gasteiger partial charge >= 0.3 is 0 Å². The minimum Gasteiger partial charge on any atom is -0.314 e. The average molecular weight is 362 g/mol. The van der Waals surface area contributed by atoms with Gasteiger partial charge in [0.15, 0.2) is 0 Å². The lowest BCUT2D eigenvalue weighted by Crippen LogP contribution is -2.47. The second kappa shape index (κ2) is 7.85. The van der Waals surface area contributed by atoms with Crippen LogP contribution in [0.4, 0.5) is 0 Å². The molecule has 1 N–H and O–H groups in total. The molecule has 4 rings (SSSR count). The Kier molecular flexibility index (Phi) is 5.77. The number of halogens is 1. The Morgan fingerprint density at radius 3 is 2.72 bits per heavy atom. The molecule has 1 aromatic carbocycles. The largest absolute Gasteiger partial charge is 0.314 e. The van der Waals surface area contributed by atoms with Crippen LogP contribution in [0.15, 0.2) is 24.3 Å². The van der Waals surface area contributed by atoms with Gasteiger partial charge < -0.3 is 9.88 Å². The predicted octanol–water partition coefficient (Wildman–Crippen LogP) is 3.05. The highest BCUT2D eigenvalue weighted by Crippen LogP contribution is 2.32. The number of rotatable bonds is 3. The van der Waals surface area contributed by atoms with E-state index in [0.717, 1.165) is 38.4 Å². The van der Waals surface area contributed by atoms with Crippen molar-refractivity contribution in [1.29, 1.82) is 0 Å². The lowest BCUT2D eigenvalue weighted by atomic mass is 10.00. The van der Waals surface area contributed by atoms with Gasteiger partial charge in [0.1, 0.15) is 11.6 Å². The maximum absolute atomic E-state index is 4.57. The second-order valence-corrected chi connectivity index (χ2v) is 7.13. The topological polar surface area (TPSA) is 46.0 Å². The summed E-state index contributed by atoms with van der Waals surface area (Å²) >= 11 is 0. The summed E-state index contributed by atoms with van der Waals surface area (Å²) in [5.74, 6) is 2.31. The molecule has 1 saturated heterocycles. The quantitative estimate of drug-likeness (QED) is 0.912. The second-order valence-electron chi connectivity index (χ2n) is 7.13. The number of hydrogen-bond acceptors (Lipinski definition) is 4. The number of piperazine rings is 1. The van der Waals surface area contributed by atoms with Crippen LogP contribution in [0, 0.1) is 6.92 Å². The molecule has 2 aliphatic rings. The van der Waals surface area contributed by atoms with Crippen LogP contribution in [-0.4, -0.2) is 39.3 Å². The van der Waals surface area contributed by atoms with Crippen molar-refractivity contribution in [1.82, 2.24) is 25.0 Å². The smallest absolute Gasteiger partial charge is 0.150 e. The summed E-state index contributed by atoms with van der Waals surface area (Å²) in [6, 6.07) is 9.65. The molecule has 2 atom stereocenters. The van der Waals surface area contributed by atoms with E-state index in [1.165, 1.54) is 29.8 Å². The van der Waals surface area contributed by atoms with Crippen molar-refractivity contribution in [3.05, 3.63) is 47.0 Å². The van der Waals surface area contributed by atoms with E-state index in [-0.39, 0.29) is 18.4 Å². The predicted molar refractivity (Wildman–Crippen MR) is 102 cm³/mol. The van der Waals surface area contributed by atoms with E-state index in [1.807, 2.05) is 0 Å². The van der Waals surface area contributed by atoms with E-state index >= 15 is 0 Å². The number of aryl methyl sites for hydroxylation is 2. The molecular formula is C19H28ClN5. The molecule has 5 nitrogen and oxygen atoms in total. The van der Waals surface area contributed by atoms with Gasteiger partial charge in [-0.25, -0.2) is 0 Å². The van der Waals surface area contributed by atoms with Crippen LogP contribution in [0.1, 0.15) is 54.6 Å². The van der Waals surface area contributed by atoms with Crippen LogP contribution in [0.2, 0.25) is 0 Å². The SMILES string of the molecule is Cc1ccc(C2CNCCN2C(C)c2nnc3n2CCCC3)cc1.Cl. The molecule has 1 aromatic heterocycles. The van der Waals surface area contributed by atoms with Gasteiger partial charge in [0, 0.05) is 38.6 Å². The number of aromatic nitrogens is 3. The molecule has 0 spiro atoms. The van der Waals surface area contributed by atoms with E-state index in [4.69, 9.17) is 0 Å². The molecule has 6 heteroatoms. The van der Waals surface area contributed by atoms with E-state index < -0.39 is 0 Å². The lowest BCUT2D eigenvalue weighted by Gasteiger charge is -2.40. The Morgan fingerprint density at radius 1 is 1.12 bits per heavy atom. The van der Waals surface area contributed by atoms with Gasteiger partial charge in [0.05, 0.1) is 6.04 Å². The van der Waals surface area contributed by atoms with Gasteiger partial charge in [-0.15, -0.1) is 22.6 Å². The number of fused-ring (bicyclic) bond motifs is 1. The fourth-order valence-electron chi connectivity index (χ4n) is 4.07. The van der Waals surface area contributed by atoms with Crippen LogP contribution in [0.5, 0.6) is 0 Å². The maximum atomic E-state index is 4.57. The molecule has 0 radical (unpaired) electrons. The molecule has 1 fully saturated rings. The van der Waals surface area contributed by atoms with E-state index in [2.05, 4.69) is 63.1 Å². The lowest BCUT2D eigenvalue weighted by molar-refractivity contribution is 0.107. The van der Waals surface area contributed by atoms with Gasteiger partial charge in [0.2, 0.25) is 0 Å². The standard InChI is InChI=1S/C19H27N5.ClH/c1-14-6-8-16(9-7-14)17-13-20-10-12-23(17)15(2)19-22-21-18-5-3-4-11-24(18)19;/h6-9,15,17,20H,3-5,10-13H2,1-2H3;1H. The number of nitrogens with zero attached hydrogens (tertiary/aromatic N) is 4. The first-order valence-corrected chi connectivity index (χ1v) is 9.19. The van der Waals surface area contributed by atoms with Gasteiger partial charge in [-0.05, 0) is 32.3 Å². The zero-order valence-corrected chi connectivity index (χ0v) is 15.9. The Morgan fingerprint density at radius 2 is 1.92 bits per heavy atom. The molecule has 2 aromatic rings. The third-order valence-corrected chi connectivity index (χ3v) is 5.51. The van der Waals surface area contributed by atoms with E-state index in [1.54, 1.807) is 0 Å². The fourth-order valence-corrected chi connectivity index (χ4v) is 4.07. The highest BCUT2D eigenvalue weighted by atomic mass is 35.5. The average Bonchev–Trinajstić information content (AvgIpc) is 3.06. The third kappa shape index (κ3) is 3.59. The van der Waals surface area contributed by atoms with Crippen LogP contribution in [-0.2, 0) is 13.0 Å². The van der Waals surface area contributed by atoms with E-state index in [9.17, 15) is 0 Å². The molecule has 25 heavy (non-hydrogen) atoms. The Hall–Kier alpha value is -1.43. The summed E-state index contributed by atoms with van der Waals surface area (Å²) < 4.78 is 2.36. The zero-order chi connectivity index (χ0) is 16.5. The normalized spacial score (nSPS) is 22.1. The summed E-state index contributed by atoms with van der Waals surface area (Å²) in [7, 11) is 0. The van der Waals surface area contributed by atoms with Gasteiger partial charge in [-0.1, -0.05) is 29.8 Å². The Labute approximate surface area is 156 Å². The minimum atomic E-state index is 0. The molecule has 0 amide bonds. The summed E-state index contributed by atoms with van der Waals surface area (Å²) in [6.07, 6.45) is 3.56. The van der Waals surface area contributed by atoms with Gasteiger partial charge in [0.25, 0.3) is 0 Å². The summed E-state index contributed by atoms with van der Waals surface area (Å²) in [4.78, 5) is 2.59. The summed E-state index contributed by atoms with van der Waals surface area (Å²) in [5.41, 5.74) is 2.70. The summed E-state index contributed by atoms with van der Waals surface area (Å²) in [6.45, 7) is 8.58. The molecule has 3 heterocycles. The number of hydrogen-bond donors (Lipinski definition) is 1. The number of nitrogens with one attached hydrogen (secondary N) is 1. The van der Waals surface area contributed by atoms with Gasteiger partial charge in [-0.3, -0.25) is 4.90 Å². The monoisotopic (exact) mass is 361 g/mol. The molecule has 136 valence electrons. The first-order chi connectivity index (χ1) is 11.7. The highest BCUT2D eigenvalue weighted by molar-refractivity contribution is 5.85. The molecule has 2 unspecified atom stereocenters. The minimum absolute atomic E-state index is 0. The van der Waals surface area contributed by atoms with Crippen LogP contribution in [0.25, 0.3) is 0 Å². The van der Waals surface area contributed by atoms with Crippen molar-refractivity contribution in [2.75, 3.05) is 19.6 Å². The first-order valence-electron chi connectivity index (χ1n) is 9.19. The molecule has 0 saturated carbocycles. The molecule has 0 aliphatic carbocycles. The van der Waals surface area contributed by atoms with Crippen molar-refractivity contribution in [2.24, 2.45) is 0 Å². The van der Waals surface area contributed by atoms with Crippen molar-refractivity contribution in [3.63, 3.8) is 0 Å². The van der Waals surface area contributed by atoms with Crippen molar-refractivity contribution in [3.8, 4) is 0 Å². The van der Waals surface area contributed by atoms with Crippen molar-refractivity contribution >= 4 is 12.4 Å². The Bertz CT molecular complexity index is 696. The maximum Gasteiger partial charge on any atom is 0.150 e. The third-order valence-electron chi connectivity index (χ3n) is 5.51. The molecule has 0 bridgehead atoms.